The first-order valence-electron chi connectivity index (χ1n) is 8.44. The molecule has 24 heavy (non-hydrogen) atoms. The number of carbonyl (C=O) groups excluding carboxylic acids is 2. The molecule has 140 valence electrons. The van der Waals surface area contributed by atoms with Gasteiger partial charge in [-0.3, -0.25) is 9.63 Å². The number of aliphatic hydroxyl groups is 1. The second kappa shape index (κ2) is 8.31. The van der Waals surface area contributed by atoms with E-state index in [1.54, 1.807) is 20.8 Å². The predicted octanol–water partition coefficient (Wildman–Crippen LogP) is 2.08. The van der Waals surface area contributed by atoms with E-state index in [0.29, 0.717) is 26.0 Å². The van der Waals surface area contributed by atoms with Crippen LogP contribution in [0.4, 0.5) is 4.79 Å². The summed E-state index contributed by atoms with van der Waals surface area (Å²) in [5, 5.41) is 10.8. The number of hydrogen-bond acceptors (Lipinski definition) is 5. The maximum atomic E-state index is 12.3. The minimum atomic E-state index is -1.25. The molecule has 7 nitrogen and oxygen atoms in total. The van der Waals surface area contributed by atoms with Crippen LogP contribution in [0.3, 0.4) is 0 Å². The molecule has 0 radical (unpaired) electrons. The van der Waals surface area contributed by atoms with Crippen LogP contribution in [-0.4, -0.2) is 73.1 Å². The Labute approximate surface area is 145 Å². The Bertz CT molecular complexity index is 433. The summed E-state index contributed by atoms with van der Waals surface area (Å²) in [6.07, 6.45) is 0.653. The highest BCUT2D eigenvalue weighted by molar-refractivity contribution is 6.76. The van der Waals surface area contributed by atoms with E-state index >= 15 is 0 Å². The molecule has 1 N–H and O–H groups in total. The van der Waals surface area contributed by atoms with Crippen molar-refractivity contribution in [3.8, 4) is 0 Å². The molecular formula is C16H32N2O5Si. The molecule has 2 atom stereocenters. The third-order valence-electron chi connectivity index (χ3n) is 3.79. The monoisotopic (exact) mass is 360 g/mol. The first-order chi connectivity index (χ1) is 11.0. The average molecular weight is 361 g/mol. The molecular weight excluding hydrogens is 328 g/mol. The molecule has 0 bridgehead atoms. The normalized spacial score (nSPS) is 21.7. The highest BCUT2D eigenvalue weighted by Crippen LogP contribution is 2.24. The lowest BCUT2D eigenvalue weighted by Crippen LogP contribution is -2.42. The molecule has 1 heterocycles. The van der Waals surface area contributed by atoms with Crippen molar-refractivity contribution in [3.05, 3.63) is 0 Å². The minimum Gasteiger partial charge on any atom is -0.444 e. The quantitative estimate of drug-likeness (QED) is 0.427. The summed E-state index contributed by atoms with van der Waals surface area (Å²) in [7, 11) is -1.25. The molecule has 0 aromatic carbocycles. The van der Waals surface area contributed by atoms with Crippen LogP contribution in [0.2, 0.25) is 25.7 Å². The van der Waals surface area contributed by atoms with E-state index in [2.05, 4.69) is 19.6 Å². The van der Waals surface area contributed by atoms with Gasteiger partial charge in [0, 0.05) is 14.6 Å². The molecule has 0 aliphatic carbocycles. The van der Waals surface area contributed by atoms with Gasteiger partial charge in [0.15, 0.2) is 0 Å². The predicted molar refractivity (Wildman–Crippen MR) is 94.2 cm³/mol. The van der Waals surface area contributed by atoms with Crippen LogP contribution in [0.1, 0.15) is 27.2 Å². The molecule has 1 saturated heterocycles. The fourth-order valence-electron chi connectivity index (χ4n) is 2.47. The molecule has 8 heteroatoms. The van der Waals surface area contributed by atoms with Crippen LogP contribution < -0.4 is 0 Å². The molecule has 1 rings (SSSR count). The van der Waals surface area contributed by atoms with Gasteiger partial charge in [0.1, 0.15) is 5.60 Å². The Morgan fingerprint density at radius 2 is 2.00 bits per heavy atom. The number of ether oxygens (including phenoxy) is 1. The van der Waals surface area contributed by atoms with Crippen LogP contribution in [0.15, 0.2) is 0 Å². The molecule has 1 aliphatic heterocycles. The largest absolute Gasteiger partial charge is 0.444 e. The van der Waals surface area contributed by atoms with E-state index in [0.717, 1.165) is 6.04 Å². The van der Waals surface area contributed by atoms with Gasteiger partial charge < -0.3 is 14.7 Å². The highest BCUT2D eigenvalue weighted by Gasteiger charge is 2.40. The summed E-state index contributed by atoms with van der Waals surface area (Å²) in [4.78, 5) is 30.7. The van der Waals surface area contributed by atoms with Crippen molar-refractivity contribution in [2.24, 2.45) is 0 Å². The number of likely N-dealkylation sites (tertiary alicyclic amines) is 1. The Morgan fingerprint density at radius 3 is 2.46 bits per heavy atom. The Kier molecular flexibility index (Phi) is 7.24. The standard InChI is InChI=1S/C16H32N2O5Si/c1-16(2,3)23-15(21)17-10-13(9-14(17)11-19)18(12-20)22-7-8-24(4,5)6/h12-14,19H,7-11H2,1-6H3/t13-,14+/m1/s1. The molecule has 0 unspecified atom stereocenters. The van der Waals surface area contributed by atoms with Crippen LogP contribution in [0.25, 0.3) is 0 Å². The Balaban J connectivity index is 2.66. The molecule has 1 aliphatic rings. The van der Waals surface area contributed by atoms with Gasteiger partial charge in [0.05, 0.1) is 25.3 Å². The molecule has 0 aromatic heterocycles. The van der Waals surface area contributed by atoms with Gasteiger partial charge in [-0.25, -0.2) is 9.86 Å². The second-order valence-corrected chi connectivity index (χ2v) is 14.1. The van der Waals surface area contributed by atoms with Crippen molar-refractivity contribution >= 4 is 20.6 Å². The van der Waals surface area contributed by atoms with E-state index in [-0.39, 0.29) is 18.7 Å². The van der Waals surface area contributed by atoms with Crippen molar-refractivity contribution in [1.29, 1.82) is 0 Å². The van der Waals surface area contributed by atoms with Crippen LogP contribution in [-0.2, 0) is 14.4 Å². The lowest BCUT2D eigenvalue weighted by molar-refractivity contribution is -0.182. The summed E-state index contributed by atoms with van der Waals surface area (Å²) in [6.45, 7) is 12.7. The zero-order valence-corrected chi connectivity index (χ0v) is 16.7. The van der Waals surface area contributed by atoms with Crippen molar-refractivity contribution in [1.82, 2.24) is 9.96 Å². The number of hydrogen-bond donors (Lipinski definition) is 1. The van der Waals surface area contributed by atoms with E-state index in [4.69, 9.17) is 9.57 Å². The maximum Gasteiger partial charge on any atom is 0.410 e. The number of amides is 2. The van der Waals surface area contributed by atoms with Crippen LogP contribution >= 0.6 is 0 Å². The van der Waals surface area contributed by atoms with Gasteiger partial charge in [0.2, 0.25) is 6.41 Å². The van der Waals surface area contributed by atoms with Crippen molar-refractivity contribution in [2.45, 2.75) is 70.6 Å². The number of nitrogens with zero attached hydrogens (tertiary/aromatic N) is 2. The fourth-order valence-corrected chi connectivity index (χ4v) is 3.18. The Morgan fingerprint density at radius 1 is 1.38 bits per heavy atom. The number of carbonyl (C=O) groups is 2. The van der Waals surface area contributed by atoms with Crippen molar-refractivity contribution in [2.75, 3.05) is 19.8 Å². The lowest BCUT2D eigenvalue weighted by atomic mass is 10.2. The number of hydroxylamine groups is 2. The van der Waals surface area contributed by atoms with Gasteiger partial charge in [-0.05, 0) is 33.2 Å². The van der Waals surface area contributed by atoms with E-state index in [1.165, 1.54) is 9.96 Å². The second-order valence-electron chi connectivity index (χ2n) is 8.47. The van der Waals surface area contributed by atoms with Crippen LogP contribution in [0.5, 0.6) is 0 Å². The first-order valence-corrected chi connectivity index (χ1v) is 12.1. The maximum absolute atomic E-state index is 12.3. The zero-order chi connectivity index (χ0) is 18.5. The first kappa shape index (κ1) is 20.9. The molecule has 2 amide bonds. The van der Waals surface area contributed by atoms with E-state index in [1.807, 2.05) is 0 Å². The number of aliphatic hydroxyl groups excluding tert-OH is 1. The van der Waals surface area contributed by atoms with E-state index in [9.17, 15) is 14.7 Å². The lowest BCUT2D eigenvalue weighted by Gasteiger charge is -2.28. The molecule has 1 fully saturated rings. The summed E-state index contributed by atoms with van der Waals surface area (Å²) < 4.78 is 5.38. The summed E-state index contributed by atoms with van der Waals surface area (Å²) in [5.41, 5.74) is -0.604. The van der Waals surface area contributed by atoms with Gasteiger partial charge in [-0.2, -0.15) is 0 Å². The zero-order valence-electron chi connectivity index (χ0n) is 15.7. The smallest absolute Gasteiger partial charge is 0.410 e. The third kappa shape index (κ3) is 6.78. The third-order valence-corrected chi connectivity index (χ3v) is 5.49. The van der Waals surface area contributed by atoms with Crippen LogP contribution in [0, 0.1) is 0 Å². The topological polar surface area (TPSA) is 79.3 Å². The molecule has 0 saturated carbocycles. The SMILES string of the molecule is CC(C)(C)OC(=O)N1C[C@H](N(C=O)OCC[Si](C)(C)C)C[C@H]1CO. The number of rotatable bonds is 7. The van der Waals surface area contributed by atoms with Crippen molar-refractivity contribution < 1.29 is 24.3 Å². The molecule has 0 aromatic rings. The summed E-state index contributed by atoms with van der Waals surface area (Å²) >= 11 is 0. The molecule has 0 spiro atoms. The highest BCUT2D eigenvalue weighted by atomic mass is 28.3. The fraction of sp³-hybridized carbons (Fsp3) is 0.875. The average Bonchev–Trinajstić information content (AvgIpc) is 2.84. The van der Waals surface area contributed by atoms with Crippen molar-refractivity contribution in [3.63, 3.8) is 0 Å². The minimum absolute atomic E-state index is 0.169. The summed E-state index contributed by atoms with van der Waals surface area (Å²) in [6, 6.07) is 0.310. The Hall–Kier alpha value is -1.12. The van der Waals surface area contributed by atoms with Gasteiger partial charge in [-0.15, -0.1) is 0 Å². The van der Waals surface area contributed by atoms with Gasteiger partial charge in [-0.1, -0.05) is 19.6 Å². The van der Waals surface area contributed by atoms with Gasteiger partial charge in [0.25, 0.3) is 0 Å². The van der Waals surface area contributed by atoms with Gasteiger partial charge >= 0.3 is 6.09 Å². The van der Waals surface area contributed by atoms with E-state index < -0.39 is 19.8 Å². The summed E-state index contributed by atoms with van der Waals surface area (Å²) in [5.74, 6) is 0.